The number of carbonyl (C=O) groups excluding carboxylic acids is 1. The summed E-state index contributed by atoms with van der Waals surface area (Å²) in [7, 11) is 1.86. The first-order valence-electron chi connectivity index (χ1n) is 5.96. The summed E-state index contributed by atoms with van der Waals surface area (Å²) in [6.45, 7) is 2.74. The maximum atomic E-state index is 11.1. The van der Waals surface area contributed by atoms with Crippen molar-refractivity contribution >= 4 is 17.4 Å². The molecule has 2 heterocycles. The highest BCUT2D eigenvalue weighted by molar-refractivity contribution is 5.80. The minimum absolute atomic E-state index is 0.0806. The molecular formula is C11H19N5O. The van der Waals surface area contributed by atoms with E-state index < -0.39 is 0 Å². The van der Waals surface area contributed by atoms with Gasteiger partial charge in [0.25, 0.3) is 0 Å². The van der Waals surface area contributed by atoms with Crippen LogP contribution in [0.2, 0.25) is 0 Å². The Bertz CT molecular complexity index is 426. The Morgan fingerprint density at radius 1 is 1.65 bits per heavy atom. The van der Waals surface area contributed by atoms with Gasteiger partial charge in [-0.1, -0.05) is 13.3 Å². The van der Waals surface area contributed by atoms with Crippen molar-refractivity contribution in [2.24, 2.45) is 7.05 Å². The minimum Gasteiger partial charge on any atom is -0.394 e. The van der Waals surface area contributed by atoms with Gasteiger partial charge in [0.1, 0.15) is 5.82 Å². The average Bonchev–Trinajstić information content (AvgIpc) is 2.79. The van der Waals surface area contributed by atoms with Crippen LogP contribution < -0.4 is 16.4 Å². The predicted octanol–water partition coefficient (Wildman–Crippen LogP) is 0.255. The van der Waals surface area contributed by atoms with Gasteiger partial charge in [-0.2, -0.15) is 5.10 Å². The van der Waals surface area contributed by atoms with E-state index in [1.54, 1.807) is 4.68 Å². The van der Waals surface area contributed by atoms with Crippen LogP contribution in [0.3, 0.4) is 0 Å². The molecule has 0 aliphatic carbocycles. The second kappa shape index (κ2) is 4.65. The van der Waals surface area contributed by atoms with Gasteiger partial charge in [0, 0.05) is 20.0 Å². The Balaban J connectivity index is 2.12. The van der Waals surface area contributed by atoms with Gasteiger partial charge in [0.15, 0.2) is 0 Å². The van der Waals surface area contributed by atoms with Crippen LogP contribution in [0.15, 0.2) is 0 Å². The van der Waals surface area contributed by atoms with Crippen molar-refractivity contribution in [1.82, 2.24) is 15.1 Å². The first-order valence-corrected chi connectivity index (χ1v) is 5.96. The van der Waals surface area contributed by atoms with Gasteiger partial charge in [-0.3, -0.25) is 9.48 Å². The lowest BCUT2D eigenvalue weighted by atomic mass is 10.2. The fraction of sp³-hybridized carbons (Fsp3) is 0.636. The smallest absolute Gasteiger partial charge is 0.222 e. The summed E-state index contributed by atoms with van der Waals surface area (Å²) in [5.41, 5.74) is 7.68. The molecule has 0 saturated carbocycles. The van der Waals surface area contributed by atoms with Crippen LogP contribution in [0, 0.1) is 0 Å². The summed E-state index contributed by atoms with van der Waals surface area (Å²) >= 11 is 0. The van der Waals surface area contributed by atoms with Crippen molar-refractivity contribution in [2.75, 3.05) is 17.6 Å². The number of anilines is 2. The number of carbonyl (C=O) groups is 1. The van der Waals surface area contributed by atoms with Crippen LogP contribution >= 0.6 is 0 Å². The molecule has 6 heteroatoms. The van der Waals surface area contributed by atoms with Crippen LogP contribution in [0.25, 0.3) is 0 Å². The number of rotatable bonds is 4. The van der Waals surface area contributed by atoms with Crippen molar-refractivity contribution < 1.29 is 4.79 Å². The molecule has 17 heavy (non-hydrogen) atoms. The van der Waals surface area contributed by atoms with E-state index >= 15 is 0 Å². The average molecular weight is 237 g/mol. The molecule has 1 aromatic heterocycles. The van der Waals surface area contributed by atoms with Crippen LogP contribution in [-0.4, -0.2) is 28.3 Å². The molecule has 1 aliphatic rings. The summed E-state index contributed by atoms with van der Waals surface area (Å²) in [6.07, 6.45) is 2.39. The summed E-state index contributed by atoms with van der Waals surface area (Å²) in [6, 6.07) is 0.106. The molecule has 1 aliphatic heterocycles. The number of nitrogen functional groups attached to an aromatic ring is 1. The highest BCUT2D eigenvalue weighted by Crippen LogP contribution is 2.24. The normalized spacial score (nSPS) is 19.4. The standard InChI is InChI=1S/C11H19N5O/c1-3-4-8-10(12)11(16(2)15-8)14-7-5-9(17)13-6-7/h7,14H,3-6,12H2,1-2H3,(H,13,17). The molecule has 6 nitrogen and oxygen atoms in total. The quantitative estimate of drug-likeness (QED) is 0.701. The van der Waals surface area contributed by atoms with Gasteiger partial charge >= 0.3 is 0 Å². The number of aryl methyl sites for hydroxylation is 2. The zero-order chi connectivity index (χ0) is 12.4. The van der Waals surface area contributed by atoms with Crippen LogP contribution in [0.5, 0.6) is 0 Å². The first kappa shape index (κ1) is 11.8. The number of aromatic nitrogens is 2. The third-order valence-electron chi connectivity index (χ3n) is 2.97. The van der Waals surface area contributed by atoms with E-state index in [1.807, 2.05) is 7.05 Å². The fourth-order valence-corrected chi connectivity index (χ4v) is 2.09. The van der Waals surface area contributed by atoms with Crippen molar-refractivity contribution in [1.29, 1.82) is 0 Å². The lowest BCUT2D eigenvalue weighted by Crippen LogP contribution is -2.24. The van der Waals surface area contributed by atoms with E-state index in [1.165, 1.54) is 0 Å². The molecule has 0 spiro atoms. The van der Waals surface area contributed by atoms with Crippen LogP contribution in [-0.2, 0) is 18.3 Å². The third-order valence-corrected chi connectivity index (χ3v) is 2.97. The largest absolute Gasteiger partial charge is 0.394 e. The van der Waals surface area contributed by atoms with Gasteiger partial charge in [-0.25, -0.2) is 0 Å². The second-order valence-electron chi connectivity index (χ2n) is 4.43. The highest BCUT2D eigenvalue weighted by atomic mass is 16.1. The monoisotopic (exact) mass is 237 g/mol. The first-order chi connectivity index (χ1) is 8.11. The van der Waals surface area contributed by atoms with E-state index in [4.69, 9.17) is 5.73 Å². The molecule has 0 aromatic carbocycles. The van der Waals surface area contributed by atoms with Crippen molar-refractivity contribution in [2.45, 2.75) is 32.2 Å². The van der Waals surface area contributed by atoms with E-state index in [9.17, 15) is 4.79 Å². The molecule has 4 N–H and O–H groups in total. The lowest BCUT2D eigenvalue weighted by molar-refractivity contribution is -0.119. The molecule has 2 rings (SSSR count). The maximum Gasteiger partial charge on any atom is 0.222 e. The lowest BCUT2D eigenvalue weighted by Gasteiger charge is -2.12. The third kappa shape index (κ3) is 2.35. The van der Waals surface area contributed by atoms with Crippen molar-refractivity contribution in [3.8, 4) is 0 Å². The number of hydrogen-bond acceptors (Lipinski definition) is 4. The van der Waals surface area contributed by atoms with Crippen LogP contribution in [0.1, 0.15) is 25.5 Å². The van der Waals surface area contributed by atoms with Crippen molar-refractivity contribution in [3.63, 3.8) is 0 Å². The number of nitrogens with two attached hydrogens (primary N) is 1. The zero-order valence-corrected chi connectivity index (χ0v) is 10.3. The Labute approximate surface area is 101 Å². The summed E-state index contributed by atoms with van der Waals surface area (Å²) in [4.78, 5) is 11.1. The van der Waals surface area contributed by atoms with E-state index in [0.29, 0.717) is 18.7 Å². The predicted molar refractivity (Wildman–Crippen MR) is 66.7 cm³/mol. The molecule has 0 bridgehead atoms. The molecule has 94 valence electrons. The molecule has 1 fully saturated rings. The Morgan fingerprint density at radius 3 is 3.00 bits per heavy atom. The molecule has 1 aromatic rings. The maximum absolute atomic E-state index is 11.1. The topological polar surface area (TPSA) is 85.0 Å². The second-order valence-corrected chi connectivity index (χ2v) is 4.43. The minimum atomic E-state index is 0.0806. The molecule has 1 atom stereocenters. The number of amides is 1. The van der Waals surface area contributed by atoms with Gasteiger partial charge in [0.05, 0.1) is 17.4 Å². The summed E-state index contributed by atoms with van der Waals surface area (Å²) in [5.74, 6) is 0.895. The van der Waals surface area contributed by atoms with E-state index in [2.05, 4.69) is 22.7 Å². The van der Waals surface area contributed by atoms with Gasteiger partial charge in [-0.15, -0.1) is 0 Å². The Kier molecular flexibility index (Phi) is 3.21. The molecule has 0 radical (unpaired) electrons. The van der Waals surface area contributed by atoms with Gasteiger partial charge in [0.2, 0.25) is 5.91 Å². The molecule has 1 unspecified atom stereocenters. The SMILES string of the molecule is CCCc1nn(C)c(NC2CNC(=O)C2)c1N. The zero-order valence-electron chi connectivity index (χ0n) is 10.3. The Hall–Kier alpha value is -1.72. The summed E-state index contributed by atoms with van der Waals surface area (Å²) < 4.78 is 1.75. The number of nitrogens with one attached hydrogen (secondary N) is 2. The summed E-state index contributed by atoms with van der Waals surface area (Å²) in [5, 5.41) is 10.5. The van der Waals surface area contributed by atoms with Gasteiger partial charge < -0.3 is 16.4 Å². The number of nitrogens with zero attached hydrogens (tertiary/aromatic N) is 2. The Morgan fingerprint density at radius 2 is 2.41 bits per heavy atom. The van der Waals surface area contributed by atoms with E-state index in [-0.39, 0.29) is 11.9 Å². The highest BCUT2D eigenvalue weighted by Gasteiger charge is 2.23. The molecular weight excluding hydrogens is 218 g/mol. The fourth-order valence-electron chi connectivity index (χ4n) is 2.09. The van der Waals surface area contributed by atoms with Crippen molar-refractivity contribution in [3.05, 3.63) is 5.69 Å². The molecule has 1 saturated heterocycles. The van der Waals surface area contributed by atoms with Gasteiger partial charge in [-0.05, 0) is 6.42 Å². The van der Waals surface area contributed by atoms with Crippen LogP contribution in [0.4, 0.5) is 11.5 Å². The number of hydrogen-bond donors (Lipinski definition) is 3. The molecule has 1 amide bonds. The van der Waals surface area contributed by atoms with E-state index in [0.717, 1.165) is 24.4 Å².